The number of nitrogen functional groups attached to an aromatic ring is 1. The predicted molar refractivity (Wildman–Crippen MR) is 83.1 cm³/mol. The second-order valence-corrected chi connectivity index (χ2v) is 4.86. The van der Waals surface area contributed by atoms with Crippen molar-refractivity contribution in [1.29, 1.82) is 0 Å². The molecule has 0 unspecified atom stereocenters. The minimum absolute atomic E-state index is 0.367. The Morgan fingerprint density at radius 1 is 1.24 bits per heavy atom. The number of aryl methyl sites for hydroxylation is 1. The van der Waals surface area contributed by atoms with Crippen molar-refractivity contribution in [1.82, 2.24) is 0 Å². The highest BCUT2D eigenvalue weighted by Gasteiger charge is 2.10. The quantitative estimate of drug-likeness (QED) is 0.683. The summed E-state index contributed by atoms with van der Waals surface area (Å²) in [7, 11) is 1.32. The van der Waals surface area contributed by atoms with Crippen LogP contribution in [0.3, 0.4) is 0 Å². The van der Waals surface area contributed by atoms with Crippen LogP contribution in [0.25, 0.3) is 0 Å². The third kappa shape index (κ3) is 3.47. The van der Waals surface area contributed by atoms with E-state index in [2.05, 4.69) is 4.74 Å². The number of ether oxygens (including phenoxy) is 2. The number of anilines is 1. The molecule has 0 heterocycles. The summed E-state index contributed by atoms with van der Waals surface area (Å²) in [4.78, 5) is 11.4. The van der Waals surface area contributed by atoms with Gasteiger partial charge < -0.3 is 15.2 Å². The molecule has 21 heavy (non-hydrogen) atoms. The van der Waals surface area contributed by atoms with Crippen molar-refractivity contribution in [2.75, 3.05) is 12.8 Å². The van der Waals surface area contributed by atoms with E-state index in [1.54, 1.807) is 24.3 Å². The van der Waals surface area contributed by atoms with E-state index in [1.165, 1.54) is 13.2 Å². The maximum Gasteiger partial charge on any atom is 0.337 e. The lowest BCUT2D eigenvalue weighted by Gasteiger charge is -2.11. The highest BCUT2D eigenvalue weighted by atomic mass is 35.5. The summed E-state index contributed by atoms with van der Waals surface area (Å²) in [6.07, 6.45) is 0.812. The van der Waals surface area contributed by atoms with Gasteiger partial charge >= 0.3 is 5.97 Å². The third-order valence-corrected chi connectivity index (χ3v) is 3.43. The number of carbonyl (C=O) groups is 1. The molecule has 0 bridgehead atoms. The SMILES string of the molecule is CCc1cc(Oc2ccc(C(=O)OC)cc2N)ccc1Cl. The summed E-state index contributed by atoms with van der Waals surface area (Å²) >= 11 is 6.07. The van der Waals surface area contributed by atoms with Gasteiger partial charge in [-0.1, -0.05) is 18.5 Å². The summed E-state index contributed by atoms with van der Waals surface area (Å²) in [6, 6.07) is 10.2. The Hall–Kier alpha value is -2.20. The predicted octanol–water partition coefficient (Wildman–Crippen LogP) is 4.06. The minimum atomic E-state index is -0.437. The van der Waals surface area contributed by atoms with Gasteiger partial charge in [0.15, 0.2) is 0 Å². The van der Waals surface area contributed by atoms with Gasteiger partial charge in [0.2, 0.25) is 0 Å². The molecule has 0 atom stereocenters. The van der Waals surface area contributed by atoms with Crippen LogP contribution in [0.1, 0.15) is 22.8 Å². The number of methoxy groups -OCH3 is 1. The van der Waals surface area contributed by atoms with Gasteiger partial charge in [0, 0.05) is 5.02 Å². The summed E-state index contributed by atoms with van der Waals surface area (Å²) in [5.74, 6) is 0.689. The maximum atomic E-state index is 11.4. The zero-order valence-electron chi connectivity index (χ0n) is 11.9. The Morgan fingerprint density at radius 2 is 2.00 bits per heavy atom. The third-order valence-electron chi connectivity index (χ3n) is 3.06. The molecular weight excluding hydrogens is 290 g/mol. The molecule has 0 radical (unpaired) electrons. The average Bonchev–Trinajstić information content (AvgIpc) is 2.50. The number of rotatable bonds is 4. The summed E-state index contributed by atoms with van der Waals surface area (Å²) in [5, 5.41) is 0.707. The van der Waals surface area contributed by atoms with E-state index in [0.717, 1.165) is 12.0 Å². The molecule has 0 saturated heterocycles. The van der Waals surface area contributed by atoms with E-state index in [-0.39, 0.29) is 0 Å². The van der Waals surface area contributed by atoms with E-state index in [9.17, 15) is 4.79 Å². The molecule has 0 aliphatic rings. The molecule has 0 aromatic heterocycles. The molecule has 0 spiro atoms. The fourth-order valence-corrected chi connectivity index (χ4v) is 2.15. The van der Waals surface area contributed by atoms with Gasteiger partial charge in [-0.2, -0.15) is 0 Å². The molecule has 0 aliphatic heterocycles. The summed E-state index contributed by atoms with van der Waals surface area (Å²) in [5.41, 5.74) is 7.65. The van der Waals surface area contributed by atoms with Gasteiger partial charge in [-0.15, -0.1) is 0 Å². The van der Waals surface area contributed by atoms with Crippen LogP contribution in [0.15, 0.2) is 36.4 Å². The first-order valence-corrected chi connectivity index (χ1v) is 6.87. The Labute approximate surface area is 128 Å². The van der Waals surface area contributed by atoms with Gasteiger partial charge in [-0.05, 0) is 48.4 Å². The number of hydrogen-bond donors (Lipinski definition) is 1. The molecule has 4 nitrogen and oxygen atoms in total. The Kier molecular flexibility index (Phi) is 4.70. The van der Waals surface area contributed by atoms with Gasteiger partial charge in [-0.25, -0.2) is 4.79 Å². The zero-order chi connectivity index (χ0) is 15.4. The van der Waals surface area contributed by atoms with Crippen molar-refractivity contribution < 1.29 is 14.3 Å². The van der Waals surface area contributed by atoms with Gasteiger partial charge in [-0.3, -0.25) is 0 Å². The first-order valence-electron chi connectivity index (χ1n) is 6.49. The van der Waals surface area contributed by atoms with Crippen LogP contribution in [-0.4, -0.2) is 13.1 Å². The zero-order valence-corrected chi connectivity index (χ0v) is 12.6. The van der Waals surface area contributed by atoms with E-state index < -0.39 is 5.97 Å². The van der Waals surface area contributed by atoms with Crippen molar-refractivity contribution in [2.24, 2.45) is 0 Å². The van der Waals surface area contributed by atoms with Crippen molar-refractivity contribution >= 4 is 23.3 Å². The van der Waals surface area contributed by atoms with Crippen molar-refractivity contribution in [2.45, 2.75) is 13.3 Å². The highest BCUT2D eigenvalue weighted by Crippen LogP contribution is 2.30. The topological polar surface area (TPSA) is 61.5 Å². The average molecular weight is 306 g/mol. The van der Waals surface area contributed by atoms with Crippen LogP contribution < -0.4 is 10.5 Å². The molecule has 2 N–H and O–H groups in total. The van der Waals surface area contributed by atoms with Crippen LogP contribution in [0.2, 0.25) is 5.02 Å². The fraction of sp³-hybridized carbons (Fsp3) is 0.188. The number of carbonyl (C=O) groups excluding carboxylic acids is 1. The van der Waals surface area contributed by atoms with Crippen LogP contribution >= 0.6 is 11.6 Å². The van der Waals surface area contributed by atoms with Gasteiger partial charge in [0.1, 0.15) is 11.5 Å². The number of benzene rings is 2. The molecular formula is C16H16ClNO3. The Balaban J connectivity index is 2.26. The molecule has 2 aromatic rings. The van der Waals surface area contributed by atoms with E-state index in [0.29, 0.717) is 27.8 Å². The summed E-state index contributed by atoms with van der Waals surface area (Å²) < 4.78 is 10.4. The lowest BCUT2D eigenvalue weighted by Crippen LogP contribution is -2.02. The van der Waals surface area contributed by atoms with Crippen molar-refractivity contribution in [3.63, 3.8) is 0 Å². The van der Waals surface area contributed by atoms with Crippen LogP contribution in [0, 0.1) is 0 Å². The largest absolute Gasteiger partial charge is 0.465 e. The van der Waals surface area contributed by atoms with E-state index in [1.807, 2.05) is 13.0 Å². The second-order valence-electron chi connectivity index (χ2n) is 4.45. The molecule has 0 fully saturated rings. The lowest BCUT2D eigenvalue weighted by atomic mass is 10.1. The fourth-order valence-electron chi connectivity index (χ4n) is 1.90. The number of hydrogen-bond acceptors (Lipinski definition) is 4. The minimum Gasteiger partial charge on any atom is -0.465 e. The van der Waals surface area contributed by atoms with Crippen LogP contribution in [0.5, 0.6) is 11.5 Å². The molecule has 5 heteroatoms. The molecule has 0 saturated carbocycles. The Morgan fingerprint density at radius 3 is 2.62 bits per heavy atom. The second kappa shape index (κ2) is 6.50. The molecule has 0 aliphatic carbocycles. The molecule has 0 amide bonds. The maximum absolute atomic E-state index is 11.4. The van der Waals surface area contributed by atoms with E-state index in [4.69, 9.17) is 22.1 Å². The normalized spacial score (nSPS) is 10.2. The molecule has 110 valence electrons. The summed E-state index contributed by atoms with van der Waals surface area (Å²) in [6.45, 7) is 2.02. The number of halogens is 1. The van der Waals surface area contributed by atoms with Crippen LogP contribution in [0.4, 0.5) is 5.69 Å². The monoisotopic (exact) mass is 305 g/mol. The Bertz CT molecular complexity index is 671. The van der Waals surface area contributed by atoms with Crippen molar-refractivity contribution in [3.8, 4) is 11.5 Å². The van der Waals surface area contributed by atoms with E-state index >= 15 is 0 Å². The smallest absolute Gasteiger partial charge is 0.337 e. The van der Waals surface area contributed by atoms with Crippen LogP contribution in [-0.2, 0) is 11.2 Å². The standard InChI is InChI=1S/C16H16ClNO3/c1-3-10-8-12(5-6-13(10)17)21-15-7-4-11(9-14(15)18)16(19)20-2/h4-9H,3,18H2,1-2H3. The molecule has 2 rings (SSSR count). The first-order chi connectivity index (χ1) is 10.0. The van der Waals surface area contributed by atoms with Crippen molar-refractivity contribution in [3.05, 3.63) is 52.5 Å². The number of nitrogens with two attached hydrogens (primary N) is 1. The highest BCUT2D eigenvalue weighted by molar-refractivity contribution is 6.31. The molecule has 2 aromatic carbocycles. The lowest BCUT2D eigenvalue weighted by molar-refractivity contribution is 0.0601. The first kappa shape index (κ1) is 15.2. The van der Waals surface area contributed by atoms with Gasteiger partial charge in [0.05, 0.1) is 18.4 Å². The number of esters is 1. The van der Waals surface area contributed by atoms with Gasteiger partial charge in [0.25, 0.3) is 0 Å².